The second-order valence-electron chi connectivity index (χ2n) is 10.8. The van der Waals surface area contributed by atoms with Crippen LogP contribution in [0.3, 0.4) is 0 Å². The van der Waals surface area contributed by atoms with Crippen molar-refractivity contribution in [1.82, 2.24) is 10.2 Å². The molecule has 40 heavy (non-hydrogen) atoms. The van der Waals surface area contributed by atoms with E-state index in [0.717, 1.165) is 53.1 Å². The highest BCUT2D eigenvalue weighted by Gasteiger charge is 2.32. The number of hydrogen-bond acceptors (Lipinski definition) is 3. The van der Waals surface area contributed by atoms with Crippen molar-refractivity contribution in [2.24, 2.45) is 0 Å². The standard InChI is InChI=1S/C35H38N2O3/c1-26-13-8-9-17-29(26)24-37(34(38)25-40-33-22-12-18-28-16-10-11-21-31(28)33)32(23-27-14-4-2-5-15-27)35(39)36-30-19-6-3-7-20-30/h2,4-5,8-18,21-22,30,32H,3,6-7,19-20,23-25H2,1H3,(H,36,39)/t32-/m1/s1. The molecule has 0 saturated heterocycles. The molecule has 5 heteroatoms. The molecule has 0 heterocycles. The van der Waals surface area contributed by atoms with Crippen molar-refractivity contribution in [3.05, 3.63) is 114 Å². The van der Waals surface area contributed by atoms with E-state index in [1.165, 1.54) is 6.42 Å². The van der Waals surface area contributed by atoms with E-state index in [1.54, 1.807) is 4.90 Å². The van der Waals surface area contributed by atoms with Gasteiger partial charge in [-0.25, -0.2) is 0 Å². The molecule has 4 aromatic carbocycles. The smallest absolute Gasteiger partial charge is 0.261 e. The van der Waals surface area contributed by atoms with Gasteiger partial charge in [0.2, 0.25) is 5.91 Å². The molecule has 2 amide bonds. The summed E-state index contributed by atoms with van der Waals surface area (Å²) in [6.45, 7) is 2.22. The lowest BCUT2D eigenvalue weighted by atomic mass is 9.94. The second kappa shape index (κ2) is 13.3. The highest BCUT2D eigenvalue weighted by molar-refractivity contribution is 5.90. The number of benzene rings is 4. The van der Waals surface area contributed by atoms with Gasteiger partial charge >= 0.3 is 0 Å². The number of fused-ring (bicyclic) bond motifs is 1. The quantitative estimate of drug-likeness (QED) is 0.249. The Balaban J connectivity index is 1.44. The number of aryl methyl sites for hydroxylation is 1. The van der Waals surface area contributed by atoms with Gasteiger partial charge in [-0.1, -0.05) is 110 Å². The Morgan fingerprint density at radius 1 is 0.850 bits per heavy atom. The molecule has 206 valence electrons. The van der Waals surface area contributed by atoms with Gasteiger partial charge in [-0.05, 0) is 47.9 Å². The van der Waals surface area contributed by atoms with Crippen LogP contribution >= 0.6 is 0 Å². The van der Waals surface area contributed by atoms with E-state index in [4.69, 9.17) is 4.74 Å². The summed E-state index contributed by atoms with van der Waals surface area (Å²) in [5.74, 6) is 0.354. The van der Waals surface area contributed by atoms with Crippen molar-refractivity contribution in [1.29, 1.82) is 0 Å². The first-order valence-electron chi connectivity index (χ1n) is 14.4. The highest BCUT2D eigenvalue weighted by Crippen LogP contribution is 2.26. The van der Waals surface area contributed by atoms with Crippen LogP contribution in [0.5, 0.6) is 5.75 Å². The van der Waals surface area contributed by atoms with Crippen LogP contribution in [0.2, 0.25) is 0 Å². The fourth-order valence-corrected chi connectivity index (χ4v) is 5.61. The average molecular weight is 535 g/mol. The first kappa shape index (κ1) is 27.4. The Hall–Kier alpha value is -4.12. The number of nitrogens with zero attached hydrogens (tertiary/aromatic N) is 1. The predicted molar refractivity (Wildman–Crippen MR) is 160 cm³/mol. The lowest BCUT2D eigenvalue weighted by Crippen LogP contribution is -2.53. The van der Waals surface area contributed by atoms with Crippen molar-refractivity contribution in [2.45, 2.75) is 64.1 Å². The summed E-state index contributed by atoms with van der Waals surface area (Å²) in [5, 5.41) is 5.31. The zero-order valence-electron chi connectivity index (χ0n) is 23.2. The second-order valence-corrected chi connectivity index (χ2v) is 10.8. The highest BCUT2D eigenvalue weighted by atomic mass is 16.5. The molecule has 0 spiro atoms. The van der Waals surface area contributed by atoms with Crippen LogP contribution in [-0.2, 0) is 22.6 Å². The molecule has 5 rings (SSSR count). The van der Waals surface area contributed by atoms with E-state index >= 15 is 0 Å². The van der Waals surface area contributed by atoms with Crippen LogP contribution in [0.4, 0.5) is 0 Å². The fraction of sp³-hybridized carbons (Fsp3) is 0.314. The summed E-state index contributed by atoms with van der Waals surface area (Å²) in [7, 11) is 0. The van der Waals surface area contributed by atoms with Gasteiger partial charge in [0.1, 0.15) is 11.8 Å². The maximum atomic E-state index is 14.0. The number of nitrogens with one attached hydrogen (secondary N) is 1. The number of ether oxygens (including phenoxy) is 1. The fourth-order valence-electron chi connectivity index (χ4n) is 5.61. The van der Waals surface area contributed by atoms with Crippen molar-refractivity contribution < 1.29 is 14.3 Å². The van der Waals surface area contributed by atoms with Crippen molar-refractivity contribution in [3.8, 4) is 5.75 Å². The number of amides is 2. The molecule has 1 fully saturated rings. The van der Waals surface area contributed by atoms with Gasteiger partial charge in [0, 0.05) is 24.4 Å². The van der Waals surface area contributed by atoms with E-state index in [9.17, 15) is 9.59 Å². The molecule has 0 radical (unpaired) electrons. The van der Waals surface area contributed by atoms with E-state index in [-0.39, 0.29) is 24.5 Å². The zero-order valence-corrected chi connectivity index (χ0v) is 23.2. The third-order valence-corrected chi connectivity index (χ3v) is 7.93. The average Bonchev–Trinajstić information content (AvgIpc) is 2.99. The van der Waals surface area contributed by atoms with Crippen LogP contribution in [0.25, 0.3) is 10.8 Å². The van der Waals surface area contributed by atoms with Crippen molar-refractivity contribution in [3.63, 3.8) is 0 Å². The summed E-state index contributed by atoms with van der Waals surface area (Å²) >= 11 is 0. The molecule has 1 atom stereocenters. The number of hydrogen-bond donors (Lipinski definition) is 1. The Kier molecular flexibility index (Phi) is 9.12. The van der Waals surface area contributed by atoms with Gasteiger partial charge in [-0.15, -0.1) is 0 Å². The van der Waals surface area contributed by atoms with Crippen LogP contribution in [0, 0.1) is 6.92 Å². The minimum atomic E-state index is -0.660. The van der Waals surface area contributed by atoms with Gasteiger partial charge in [-0.2, -0.15) is 0 Å². The minimum Gasteiger partial charge on any atom is -0.483 e. The zero-order chi connectivity index (χ0) is 27.7. The van der Waals surface area contributed by atoms with Crippen molar-refractivity contribution >= 4 is 22.6 Å². The number of carbonyl (C=O) groups excluding carboxylic acids is 2. The first-order chi connectivity index (χ1) is 19.6. The molecule has 0 aromatic heterocycles. The molecule has 1 aliphatic rings. The minimum absolute atomic E-state index is 0.0946. The van der Waals surface area contributed by atoms with Crippen molar-refractivity contribution in [2.75, 3.05) is 6.61 Å². The Bertz CT molecular complexity index is 1420. The lowest BCUT2D eigenvalue weighted by molar-refractivity contribution is -0.143. The summed E-state index contributed by atoms with van der Waals surface area (Å²) < 4.78 is 6.14. The van der Waals surface area contributed by atoms with E-state index in [2.05, 4.69) is 5.32 Å². The largest absolute Gasteiger partial charge is 0.483 e. The Morgan fingerprint density at radius 3 is 2.35 bits per heavy atom. The van der Waals surface area contributed by atoms with Gasteiger partial charge in [0.15, 0.2) is 6.61 Å². The molecule has 5 nitrogen and oxygen atoms in total. The maximum Gasteiger partial charge on any atom is 0.261 e. The summed E-state index contributed by atoms with van der Waals surface area (Å²) in [6, 6.07) is 31.3. The molecular weight excluding hydrogens is 496 g/mol. The van der Waals surface area contributed by atoms with Gasteiger partial charge < -0.3 is 15.0 Å². The lowest BCUT2D eigenvalue weighted by Gasteiger charge is -2.33. The Labute approximate surface area is 237 Å². The topological polar surface area (TPSA) is 58.6 Å². The number of rotatable bonds is 10. The molecule has 1 aliphatic carbocycles. The van der Waals surface area contributed by atoms with Crippen LogP contribution in [-0.4, -0.2) is 35.4 Å². The predicted octanol–water partition coefficient (Wildman–Crippen LogP) is 6.62. The third kappa shape index (κ3) is 6.90. The van der Waals surface area contributed by atoms with E-state index in [1.807, 2.05) is 104 Å². The number of carbonyl (C=O) groups is 2. The molecule has 0 bridgehead atoms. The maximum absolute atomic E-state index is 14.0. The molecular formula is C35H38N2O3. The normalized spacial score (nSPS) is 14.4. The van der Waals surface area contributed by atoms with Crippen LogP contribution in [0.1, 0.15) is 48.8 Å². The Morgan fingerprint density at radius 2 is 1.55 bits per heavy atom. The third-order valence-electron chi connectivity index (χ3n) is 7.93. The van der Waals surface area contributed by atoms with Gasteiger partial charge in [0.25, 0.3) is 5.91 Å². The van der Waals surface area contributed by atoms with Crippen LogP contribution in [0.15, 0.2) is 97.1 Å². The van der Waals surface area contributed by atoms with Crippen LogP contribution < -0.4 is 10.1 Å². The van der Waals surface area contributed by atoms with Gasteiger partial charge in [-0.3, -0.25) is 9.59 Å². The molecule has 4 aromatic rings. The molecule has 0 unspecified atom stereocenters. The SMILES string of the molecule is Cc1ccccc1CN(C(=O)COc1cccc2ccccc12)[C@H](Cc1ccccc1)C(=O)NC1CCCCC1. The molecule has 0 aliphatic heterocycles. The summed E-state index contributed by atoms with van der Waals surface area (Å²) in [6.07, 6.45) is 5.87. The summed E-state index contributed by atoms with van der Waals surface area (Å²) in [5.41, 5.74) is 3.12. The van der Waals surface area contributed by atoms with E-state index < -0.39 is 6.04 Å². The monoisotopic (exact) mass is 534 g/mol. The van der Waals surface area contributed by atoms with Gasteiger partial charge in [0.05, 0.1) is 0 Å². The van der Waals surface area contributed by atoms with E-state index in [0.29, 0.717) is 18.7 Å². The molecule has 1 saturated carbocycles. The molecule has 1 N–H and O–H groups in total. The first-order valence-corrected chi connectivity index (χ1v) is 14.4. The summed E-state index contributed by atoms with van der Waals surface area (Å²) in [4.78, 5) is 29.7.